The van der Waals surface area contributed by atoms with Crippen LogP contribution >= 0.6 is 0 Å². The molecule has 0 atom stereocenters. The van der Waals surface area contributed by atoms with Crippen LogP contribution in [-0.2, 0) is 9.53 Å². The zero-order valence-electron chi connectivity index (χ0n) is 17.4. The van der Waals surface area contributed by atoms with E-state index in [4.69, 9.17) is 4.74 Å². The van der Waals surface area contributed by atoms with Gasteiger partial charge in [0.15, 0.2) is 0 Å². The minimum absolute atomic E-state index is 0.0472. The molecular weight excluding hydrogens is 366 g/mol. The highest BCUT2D eigenvalue weighted by atomic mass is 16.5. The number of rotatable bonds is 6. The van der Waals surface area contributed by atoms with Gasteiger partial charge in [-0.25, -0.2) is 4.79 Å². The summed E-state index contributed by atoms with van der Waals surface area (Å²) >= 11 is 0. The van der Waals surface area contributed by atoms with E-state index in [0.717, 1.165) is 26.2 Å². The van der Waals surface area contributed by atoms with E-state index in [-0.39, 0.29) is 11.9 Å². The number of anilines is 2. The van der Waals surface area contributed by atoms with Gasteiger partial charge in [-0.2, -0.15) is 0 Å². The fraction of sp³-hybridized carbons (Fsp3) is 0.391. The van der Waals surface area contributed by atoms with E-state index in [1.54, 1.807) is 31.2 Å². The van der Waals surface area contributed by atoms with Gasteiger partial charge in [0.1, 0.15) is 0 Å². The third-order valence-corrected chi connectivity index (χ3v) is 5.34. The lowest BCUT2D eigenvalue weighted by Crippen LogP contribution is -2.48. The number of aryl methyl sites for hydroxylation is 1. The molecule has 1 fully saturated rings. The first-order valence-electron chi connectivity index (χ1n) is 10.1. The lowest BCUT2D eigenvalue weighted by atomic mass is 10.1. The van der Waals surface area contributed by atoms with Gasteiger partial charge in [-0.3, -0.25) is 9.69 Å². The Morgan fingerprint density at radius 2 is 1.69 bits per heavy atom. The van der Waals surface area contributed by atoms with Gasteiger partial charge in [-0.1, -0.05) is 12.1 Å². The van der Waals surface area contributed by atoms with Crippen LogP contribution in [0.4, 0.5) is 11.4 Å². The Labute approximate surface area is 172 Å². The second kappa shape index (κ2) is 9.56. The number of hydrogen-bond acceptors (Lipinski definition) is 5. The van der Waals surface area contributed by atoms with Crippen molar-refractivity contribution in [2.24, 2.45) is 0 Å². The number of ether oxygens (including phenoxy) is 1. The third kappa shape index (κ3) is 5.35. The van der Waals surface area contributed by atoms with Gasteiger partial charge in [-0.05, 0) is 62.2 Å². The summed E-state index contributed by atoms with van der Waals surface area (Å²) in [5, 5.41) is 2.90. The first-order chi connectivity index (χ1) is 14.0. The molecule has 1 saturated heterocycles. The summed E-state index contributed by atoms with van der Waals surface area (Å²) < 4.78 is 4.97. The molecule has 0 saturated carbocycles. The van der Waals surface area contributed by atoms with Crippen LogP contribution in [-0.4, -0.2) is 56.1 Å². The number of carbonyl (C=O) groups excluding carboxylic acids is 2. The molecule has 6 heteroatoms. The van der Waals surface area contributed by atoms with Crippen molar-refractivity contribution in [1.29, 1.82) is 0 Å². The van der Waals surface area contributed by atoms with Gasteiger partial charge in [0.2, 0.25) is 5.91 Å². The monoisotopic (exact) mass is 395 g/mol. The Bertz CT molecular complexity index is 856. The molecular formula is C23H29N3O3. The predicted octanol–water partition coefficient (Wildman–Crippen LogP) is 3.24. The maximum Gasteiger partial charge on any atom is 0.338 e. The fourth-order valence-electron chi connectivity index (χ4n) is 3.53. The first-order valence-corrected chi connectivity index (χ1v) is 10.1. The third-order valence-electron chi connectivity index (χ3n) is 5.34. The Hall–Kier alpha value is -2.86. The SMILES string of the molecule is CCOC(=O)c1ccc(NC(=O)CN2CCN(c3cccc(C)c3C)CC2)cc1. The predicted molar refractivity (Wildman–Crippen MR) is 116 cm³/mol. The molecule has 0 bridgehead atoms. The van der Waals surface area contributed by atoms with Gasteiger partial charge < -0.3 is 15.0 Å². The zero-order valence-corrected chi connectivity index (χ0v) is 17.4. The standard InChI is InChI=1S/C23H29N3O3/c1-4-29-23(28)19-8-10-20(11-9-19)24-22(27)16-25-12-14-26(15-13-25)21-7-5-6-17(2)18(21)3/h5-11H,4,12-16H2,1-3H3,(H,24,27). The Balaban J connectivity index is 1.48. The summed E-state index contributed by atoms with van der Waals surface area (Å²) in [6.45, 7) is 10.3. The number of piperazine rings is 1. The quantitative estimate of drug-likeness (QED) is 0.761. The average molecular weight is 396 g/mol. The van der Waals surface area contributed by atoms with Gasteiger partial charge in [-0.15, -0.1) is 0 Å². The topological polar surface area (TPSA) is 61.9 Å². The number of benzene rings is 2. The highest BCUT2D eigenvalue weighted by Crippen LogP contribution is 2.23. The molecule has 29 heavy (non-hydrogen) atoms. The van der Waals surface area contributed by atoms with Crippen molar-refractivity contribution >= 4 is 23.3 Å². The average Bonchev–Trinajstić information content (AvgIpc) is 2.71. The second-order valence-electron chi connectivity index (χ2n) is 7.33. The van der Waals surface area contributed by atoms with E-state index in [1.807, 2.05) is 0 Å². The molecule has 2 aromatic carbocycles. The number of nitrogens with zero attached hydrogens (tertiary/aromatic N) is 2. The fourth-order valence-corrected chi connectivity index (χ4v) is 3.53. The van der Waals surface area contributed by atoms with Crippen molar-refractivity contribution in [2.75, 3.05) is 49.5 Å². The van der Waals surface area contributed by atoms with Gasteiger partial charge in [0.25, 0.3) is 0 Å². The summed E-state index contributed by atoms with van der Waals surface area (Å²) in [7, 11) is 0. The van der Waals surface area contributed by atoms with Crippen LogP contribution in [0.3, 0.4) is 0 Å². The highest BCUT2D eigenvalue weighted by Gasteiger charge is 2.20. The number of amides is 1. The van der Waals surface area contributed by atoms with Crippen molar-refractivity contribution in [3.05, 3.63) is 59.2 Å². The van der Waals surface area contributed by atoms with Crippen LogP contribution in [0.15, 0.2) is 42.5 Å². The molecule has 0 aliphatic carbocycles. The molecule has 2 aromatic rings. The Morgan fingerprint density at radius 3 is 2.34 bits per heavy atom. The molecule has 1 N–H and O–H groups in total. The van der Waals surface area contributed by atoms with Crippen molar-refractivity contribution in [3.63, 3.8) is 0 Å². The minimum atomic E-state index is -0.355. The van der Waals surface area contributed by atoms with Crippen LogP contribution in [0.1, 0.15) is 28.4 Å². The first kappa shape index (κ1) is 20.9. The van der Waals surface area contributed by atoms with Crippen LogP contribution < -0.4 is 10.2 Å². The summed E-state index contributed by atoms with van der Waals surface area (Å²) in [5.41, 5.74) is 5.07. The van der Waals surface area contributed by atoms with Gasteiger partial charge in [0.05, 0.1) is 18.7 Å². The smallest absolute Gasteiger partial charge is 0.338 e. The molecule has 6 nitrogen and oxygen atoms in total. The molecule has 1 amide bonds. The van der Waals surface area contributed by atoms with Crippen LogP contribution in [0, 0.1) is 13.8 Å². The molecule has 1 aliphatic rings. The van der Waals surface area contributed by atoms with Crippen molar-refractivity contribution in [1.82, 2.24) is 4.90 Å². The van der Waals surface area contributed by atoms with Crippen LogP contribution in [0.25, 0.3) is 0 Å². The summed E-state index contributed by atoms with van der Waals surface area (Å²) in [6, 6.07) is 13.2. The van der Waals surface area contributed by atoms with E-state index in [9.17, 15) is 9.59 Å². The molecule has 1 heterocycles. The maximum atomic E-state index is 12.4. The molecule has 0 aromatic heterocycles. The van der Waals surface area contributed by atoms with Crippen molar-refractivity contribution in [3.8, 4) is 0 Å². The number of nitrogens with one attached hydrogen (secondary N) is 1. The van der Waals surface area contributed by atoms with Crippen molar-refractivity contribution in [2.45, 2.75) is 20.8 Å². The Morgan fingerprint density at radius 1 is 1.00 bits per heavy atom. The van der Waals surface area contributed by atoms with E-state index in [0.29, 0.717) is 24.4 Å². The second-order valence-corrected chi connectivity index (χ2v) is 7.33. The van der Waals surface area contributed by atoms with E-state index in [1.165, 1.54) is 16.8 Å². The molecule has 0 unspecified atom stereocenters. The molecule has 0 radical (unpaired) electrons. The van der Waals surface area contributed by atoms with Crippen LogP contribution in [0.5, 0.6) is 0 Å². The molecule has 1 aliphatic heterocycles. The lowest BCUT2D eigenvalue weighted by Gasteiger charge is -2.36. The largest absolute Gasteiger partial charge is 0.462 e. The lowest BCUT2D eigenvalue weighted by molar-refractivity contribution is -0.117. The summed E-state index contributed by atoms with van der Waals surface area (Å²) in [6.07, 6.45) is 0. The number of hydrogen-bond donors (Lipinski definition) is 1. The Kier molecular flexibility index (Phi) is 6.88. The van der Waals surface area contributed by atoms with E-state index >= 15 is 0 Å². The molecule has 3 rings (SSSR count). The highest BCUT2D eigenvalue weighted by molar-refractivity contribution is 5.94. The van der Waals surface area contributed by atoms with Crippen LogP contribution in [0.2, 0.25) is 0 Å². The molecule has 0 spiro atoms. The normalized spacial score (nSPS) is 14.5. The summed E-state index contributed by atoms with van der Waals surface area (Å²) in [4.78, 5) is 28.6. The van der Waals surface area contributed by atoms with E-state index in [2.05, 4.69) is 47.2 Å². The minimum Gasteiger partial charge on any atom is -0.462 e. The van der Waals surface area contributed by atoms with E-state index < -0.39 is 0 Å². The van der Waals surface area contributed by atoms with Crippen molar-refractivity contribution < 1.29 is 14.3 Å². The summed E-state index contributed by atoms with van der Waals surface area (Å²) in [5.74, 6) is -0.402. The number of carbonyl (C=O) groups is 2. The van der Waals surface area contributed by atoms with Gasteiger partial charge in [0, 0.05) is 37.6 Å². The maximum absolute atomic E-state index is 12.4. The van der Waals surface area contributed by atoms with Gasteiger partial charge >= 0.3 is 5.97 Å². The molecule has 154 valence electrons. The number of esters is 1. The zero-order chi connectivity index (χ0) is 20.8.